The van der Waals surface area contributed by atoms with Gasteiger partial charge in [-0.15, -0.1) is 0 Å². The molecule has 174 valence electrons. The number of hydrogen-bond acceptors (Lipinski definition) is 7. The molecule has 0 atom stereocenters. The molecule has 1 aromatic heterocycles. The smallest absolute Gasteiger partial charge is 0.241 e. The molecular weight excluding hydrogens is 434 g/mol. The van der Waals surface area contributed by atoms with Crippen LogP contribution in [-0.2, 0) is 11.3 Å². The summed E-state index contributed by atoms with van der Waals surface area (Å²) >= 11 is 0. The van der Waals surface area contributed by atoms with Crippen molar-refractivity contribution >= 4 is 11.6 Å². The summed E-state index contributed by atoms with van der Waals surface area (Å²) in [5.74, 6) is 0.220. The fraction of sp³-hybridized carbons (Fsp3) is 0.348. The van der Waals surface area contributed by atoms with Gasteiger partial charge in [-0.1, -0.05) is 5.16 Å². The summed E-state index contributed by atoms with van der Waals surface area (Å²) in [6.45, 7) is 1.72. The number of piperidine rings is 1. The van der Waals surface area contributed by atoms with Crippen molar-refractivity contribution < 1.29 is 27.6 Å². The van der Waals surface area contributed by atoms with Crippen LogP contribution in [0.15, 0.2) is 40.9 Å². The number of halogens is 2. The lowest BCUT2D eigenvalue weighted by Crippen LogP contribution is -2.37. The second-order valence-corrected chi connectivity index (χ2v) is 7.75. The quantitative estimate of drug-likeness (QED) is 0.575. The molecule has 0 saturated carbocycles. The number of carbonyl (C=O) groups excluding carboxylic acids is 1. The minimum absolute atomic E-state index is 0.143. The Bertz CT molecular complexity index is 1130. The van der Waals surface area contributed by atoms with Crippen LogP contribution in [0.1, 0.15) is 18.7 Å². The molecule has 2 aromatic carbocycles. The molecule has 2 heterocycles. The van der Waals surface area contributed by atoms with Crippen molar-refractivity contribution in [2.75, 3.05) is 32.6 Å². The van der Waals surface area contributed by atoms with Gasteiger partial charge in [0.2, 0.25) is 17.6 Å². The molecule has 1 saturated heterocycles. The molecule has 8 nitrogen and oxygen atoms in total. The van der Waals surface area contributed by atoms with E-state index >= 15 is 0 Å². The van der Waals surface area contributed by atoms with Gasteiger partial charge in [0.05, 0.1) is 26.5 Å². The number of carbonyl (C=O) groups is 1. The van der Waals surface area contributed by atoms with E-state index in [0.29, 0.717) is 55.7 Å². The van der Waals surface area contributed by atoms with Gasteiger partial charge in [-0.2, -0.15) is 4.98 Å². The number of anilines is 1. The molecule has 1 aliphatic rings. The van der Waals surface area contributed by atoms with Gasteiger partial charge in [0.25, 0.3) is 0 Å². The minimum Gasteiger partial charge on any atom is -0.493 e. The van der Waals surface area contributed by atoms with Gasteiger partial charge in [0.1, 0.15) is 11.6 Å². The van der Waals surface area contributed by atoms with Crippen LogP contribution in [0.4, 0.5) is 14.5 Å². The molecule has 0 aliphatic carbocycles. The van der Waals surface area contributed by atoms with Gasteiger partial charge in [-0.25, -0.2) is 8.78 Å². The van der Waals surface area contributed by atoms with Gasteiger partial charge in [-0.05, 0) is 56.3 Å². The number of hydrogen-bond donors (Lipinski definition) is 1. The van der Waals surface area contributed by atoms with Gasteiger partial charge in [0, 0.05) is 17.5 Å². The predicted molar refractivity (Wildman–Crippen MR) is 116 cm³/mol. The summed E-state index contributed by atoms with van der Waals surface area (Å²) in [5, 5.41) is 6.54. The average molecular weight is 458 g/mol. The van der Waals surface area contributed by atoms with Crippen LogP contribution in [0, 0.1) is 17.6 Å². The Morgan fingerprint density at radius 3 is 2.61 bits per heavy atom. The summed E-state index contributed by atoms with van der Waals surface area (Å²) in [7, 11) is 3.12. The monoisotopic (exact) mass is 458 g/mol. The molecule has 33 heavy (non-hydrogen) atoms. The van der Waals surface area contributed by atoms with Crippen LogP contribution in [0.25, 0.3) is 11.4 Å². The molecule has 1 amide bonds. The summed E-state index contributed by atoms with van der Waals surface area (Å²) in [4.78, 5) is 19.0. The molecule has 0 radical (unpaired) electrons. The molecule has 10 heteroatoms. The van der Waals surface area contributed by atoms with Crippen LogP contribution < -0.4 is 14.8 Å². The normalized spacial score (nSPS) is 14.8. The Morgan fingerprint density at radius 2 is 1.88 bits per heavy atom. The van der Waals surface area contributed by atoms with Crippen LogP contribution in [0.5, 0.6) is 11.5 Å². The number of aromatic nitrogens is 2. The van der Waals surface area contributed by atoms with E-state index in [9.17, 15) is 13.6 Å². The number of nitrogens with one attached hydrogen (secondary N) is 1. The second-order valence-electron chi connectivity index (χ2n) is 7.75. The molecule has 1 fully saturated rings. The molecular formula is C23H24F2N4O4. The topological polar surface area (TPSA) is 89.7 Å². The van der Waals surface area contributed by atoms with E-state index in [1.807, 2.05) is 6.07 Å². The van der Waals surface area contributed by atoms with E-state index in [1.54, 1.807) is 26.4 Å². The zero-order valence-electron chi connectivity index (χ0n) is 18.3. The van der Waals surface area contributed by atoms with E-state index in [0.717, 1.165) is 23.8 Å². The SMILES string of the molecule is COc1ccc(-c2noc(CN3CCC(C(=O)Nc4cc(F)ccc4F)CC3)n2)cc1OC. The highest BCUT2D eigenvalue weighted by Gasteiger charge is 2.26. The van der Waals surface area contributed by atoms with Crippen molar-refractivity contribution in [1.29, 1.82) is 0 Å². The summed E-state index contributed by atoms with van der Waals surface area (Å²) in [6, 6.07) is 8.36. The van der Waals surface area contributed by atoms with Crippen molar-refractivity contribution in [3.05, 3.63) is 53.9 Å². The number of methoxy groups -OCH3 is 2. The van der Waals surface area contributed by atoms with Crippen LogP contribution in [-0.4, -0.2) is 48.3 Å². The van der Waals surface area contributed by atoms with Gasteiger partial charge in [0.15, 0.2) is 11.5 Å². The van der Waals surface area contributed by atoms with Gasteiger partial charge in [-0.3, -0.25) is 9.69 Å². The highest BCUT2D eigenvalue weighted by atomic mass is 19.1. The number of ether oxygens (including phenoxy) is 2. The number of nitrogens with zero attached hydrogens (tertiary/aromatic N) is 3. The summed E-state index contributed by atoms with van der Waals surface area (Å²) in [5.41, 5.74) is 0.596. The summed E-state index contributed by atoms with van der Waals surface area (Å²) in [6.07, 6.45) is 1.17. The van der Waals surface area contributed by atoms with Crippen molar-refractivity contribution in [2.45, 2.75) is 19.4 Å². The highest BCUT2D eigenvalue weighted by Crippen LogP contribution is 2.31. The largest absolute Gasteiger partial charge is 0.493 e. The van der Waals surface area contributed by atoms with E-state index in [-0.39, 0.29) is 17.5 Å². The molecule has 3 aromatic rings. The van der Waals surface area contributed by atoms with Gasteiger partial charge >= 0.3 is 0 Å². The maximum atomic E-state index is 13.8. The van der Waals surface area contributed by atoms with Crippen molar-refractivity contribution in [1.82, 2.24) is 15.0 Å². The van der Waals surface area contributed by atoms with Crippen molar-refractivity contribution in [3.63, 3.8) is 0 Å². The zero-order chi connectivity index (χ0) is 23.4. The van der Waals surface area contributed by atoms with Crippen LogP contribution in [0.2, 0.25) is 0 Å². The Kier molecular flexibility index (Phi) is 6.83. The first-order chi connectivity index (χ1) is 16.0. The molecule has 0 bridgehead atoms. The van der Waals surface area contributed by atoms with Crippen molar-refractivity contribution in [3.8, 4) is 22.9 Å². The third-order valence-electron chi connectivity index (χ3n) is 5.61. The van der Waals surface area contributed by atoms with E-state index < -0.39 is 11.6 Å². The first-order valence-electron chi connectivity index (χ1n) is 10.5. The number of likely N-dealkylation sites (tertiary alicyclic amines) is 1. The fourth-order valence-corrected chi connectivity index (χ4v) is 3.78. The standard InChI is InChI=1S/C23H24F2N4O4/c1-31-19-6-3-15(11-20(19)32-2)22-27-21(33-28-22)13-29-9-7-14(8-10-29)23(30)26-18-12-16(24)4-5-17(18)25/h3-6,11-12,14H,7-10,13H2,1-2H3,(H,26,30). The Hall–Kier alpha value is -3.53. The maximum absolute atomic E-state index is 13.8. The average Bonchev–Trinajstić information content (AvgIpc) is 3.29. The Labute approximate surface area is 189 Å². The van der Waals surface area contributed by atoms with Gasteiger partial charge < -0.3 is 19.3 Å². The van der Waals surface area contributed by atoms with Crippen molar-refractivity contribution in [2.24, 2.45) is 5.92 Å². The number of rotatable bonds is 7. The molecule has 0 unspecified atom stereocenters. The number of benzene rings is 2. The molecule has 0 spiro atoms. The molecule has 4 rings (SSSR count). The third-order valence-corrected chi connectivity index (χ3v) is 5.61. The zero-order valence-corrected chi connectivity index (χ0v) is 18.3. The Morgan fingerprint density at radius 1 is 1.12 bits per heavy atom. The summed E-state index contributed by atoms with van der Waals surface area (Å²) < 4.78 is 43.1. The minimum atomic E-state index is -0.663. The highest BCUT2D eigenvalue weighted by molar-refractivity contribution is 5.92. The lowest BCUT2D eigenvalue weighted by molar-refractivity contribution is -0.121. The lowest BCUT2D eigenvalue weighted by Gasteiger charge is -2.30. The predicted octanol–water partition coefficient (Wildman–Crippen LogP) is 3.88. The van der Waals surface area contributed by atoms with Crippen LogP contribution >= 0.6 is 0 Å². The van der Waals surface area contributed by atoms with E-state index in [1.165, 1.54) is 0 Å². The fourth-order valence-electron chi connectivity index (χ4n) is 3.78. The second kappa shape index (κ2) is 9.95. The van der Waals surface area contributed by atoms with Crippen LogP contribution in [0.3, 0.4) is 0 Å². The number of amides is 1. The first-order valence-corrected chi connectivity index (χ1v) is 10.5. The molecule has 1 aliphatic heterocycles. The Balaban J connectivity index is 1.32. The third kappa shape index (κ3) is 5.28. The maximum Gasteiger partial charge on any atom is 0.241 e. The van der Waals surface area contributed by atoms with E-state index in [4.69, 9.17) is 14.0 Å². The lowest BCUT2D eigenvalue weighted by atomic mass is 9.96. The molecule has 1 N–H and O–H groups in total. The van der Waals surface area contributed by atoms with E-state index in [2.05, 4.69) is 20.4 Å². The first kappa shape index (κ1) is 22.7.